The smallest absolute Gasteiger partial charge is 0.276 e. The van der Waals surface area contributed by atoms with E-state index in [1.807, 2.05) is 36.2 Å². The third-order valence-electron chi connectivity index (χ3n) is 10.2. The molecule has 3 aliphatic heterocycles. The number of benzene rings is 1. The normalized spacial score (nSPS) is 25.0. The van der Waals surface area contributed by atoms with E-state index in [0.717, 1.165) is 54.0 Å². The number of allylic oxidation sites excluding steroid dienone is 2. The molecule has 0 bridgehead atoms. The minimum atomic E-state index is -1.07. The third kappa shape index (κ3) is 5.09. The van der Waals surface area contributed by atoms with Gasteiger partial charge >= 0.3 is 0 Å². The lowest BCUT2D eigenvalue weighted by molar-refractivity contribution is -0.124. The summed E-state index contributed by atoms with van der Waals surface area (Å²) >= 11 is 0. The van der Waals surface area contributed by atoms with Crippen molar-refractivity contribution in [3.63, 3.8) is 0 Å². The average molecular weight is 600 g/mol. The maximum Gasteiger partial charge on any atom is 0.276 e. The van der Waals surface area contributed by atoms with Crippen molar-refractivity contribution in [2.24, 2.45) is 18.0 Å². The molecule has 2 aromatic rings. The molecule has 3 atom stereocenters. The van der Waals surface area contributed by atoms with Gasteiger partial charge in [0.05, 0.1) is 12.2 Å². The number of aliphatic imine (C=N–C) groups is 1. The number of carbonyl (C=O) groups is 1. The van der Waals surface area contributed by atoms with E-state index in [9.17, 15) is 19.8 Å². The number of rotatable bonds is 5. The van der Waals surface area contributed by atoms with Crippen LogP contribution in [0, 0.1) is 5.92 Å². The maximum absolute atomic E-state index is 13.9. The van der Waals surface area contributed by atoms with Gasteiger partial charge in [0, 0.05) is 79.3 Å². The van der Waals surface area contributed by atoms with Crippen LogP contribution in [-0.4, -0.2) is 74.0 Å². The molecule has 44 heavy (non-hydrogen) atoms. The first kappa shape index (κ1) is 30.3. The zero-order chi connectivity index (χ0) is 31.5. The van der Waals surface area contributed by atoms with Crippen LogP contribution in [0.3, 0.4) is 0 Å². The average Bonchev–Trinajstić information content (AvgIpc) is 3.38. The second-order valence-corrected chi connectivity index (χ2v) is 13.4. The first-order valence-corrected chi connectivity index (χ1v) is 15.9. The molecule has 4 heterocycles. The van der Waals surface area contributed by atoms with E-state index >= 15 is 0 Å². The second kappa shape index (κ2) is 11.3. The SMILES string of the molecule is CC1C(=Nc2cc(-c3cccc(N4CCN5C6=C(CCCC6)CC5C4=O)c3CO)cn(C)c2=O)C=C(C(C)(C)O)N(C)C1C. The molecule has 4 aliphatic rings. The fraction of sp³-hybridized carbons (Fsp3) is 0.514. The van der Waals surface area contributed by atoms with Gasteiger partial charge in [-0.25, -0.2) is 4.99 Å². The molecule has 1 aliphatic carbocycles. The predicted molar refractivity (Wildman–Crippen MR) is 174 cm³/mol. The van der Waals surface area contributed by atoms with Crippen molar-refractivity contribution in [3.05, 3.63) is 69.4 Å². The monoisotopic (exact) mass is 599 g/mol. The van der Waals surface area contributed by atoms with Crippen molar-refractivity contribution >= 4 is 23.0 Å². The largest absolute Gasteiger partial charge is 0.392 e. The Kier molecular flexibility index (Phi) is 7.82. The lowest BCUT2D eigenvalue weighted by Crippen LogP contribution is -2.55. The molecule has 9 heteroatoms. The molecule has 0 saturated carbocycles. The van der Waals surface area contributed by atoms with E-state index in [-0.39, 0.29) is 41.8 Å². The molecule has 1 saturated heterocycles. The van der Waals surface area contributed by atoms with Crippen molar-refractivity contribution in [1.82, 2.24) is 14.4 Å². The van der Waals surface area contributed by atoms with E-state index in [1.165, 1.54) is 28.7 Å². The van der Waals surface area contributed by atoms with E-state index < -0.39 is 5.60 Å². The number of piperazine rings is 1. The number of anilines is 1. The number of hydrogen-bond acceptors (Lipinski definition) is 7. The van der Waals surface area contributed by atoms with Crippen molar-refractivity contribution in [3.8, 4) is 11.1 Å². The summed E-state index contributed by atoms with van der Waals surface area (Å²) in [5, 5.41) is 21.5. The van der Waals surface area contributed by atoms with Crippen molar-refractivity contribution in [1.29, 1.82) is 0 Å². The molecule has 0 radical (unpaired) electrons. The Hall–Kier alpha value is -3.69. The Labute approximate surface area is 259 Å². The lowest BCUT2D eigenvalue weighted by Gasteiger charge is -2.42. The van der Waals surface area contributed by atoms with Gasteiger partial charge in [0.15, 0.2) is 0 Å². The van der Waals surface area contributed by atoms with Gasteiger partial charge in [0.1, 0.15) is 11.7 Å². The quantitative estimate of drug-likeness (QED) is 0.525. The molecule has 234 valence electrons. The first-order valence-electron chi connectivity index (χ1n) is 15.9. The molecular formula is C35H45N5O4. The number of pyridine rings is 1. The Morgan fingerprint density at radius 3 is 2.55 bits per heavy atom. The van der Waals surface area contributed by atoms with E-state index in [2.05, 4.69) is 23.6 Å². The number of aryl methyl sites for hydroxylation is 1. The van der Waals surface area contributed by atoms with Crippen LogP contribution in [0.4, 0.5) is 11.4 Å². The molecule has 1 aromatic heterocycles. The highest BCUT2D eigenvalue weighted by molar-refractivity contribution is 6.01. The van der Waals surface area contributed by atoms with E-state index in [0.29, 0.717) is 12.1 Å². The zero-order valence-corrected chi connectivity index (χ0v) is 26.8. The van der Waals surface area contributed by atoms with Crippen LogP contribution in [0.2, 0.25) is 0 Å². The summed E-state index contributed by atoms with van der Waals surface area (Å²) in [6, 6.07) is 7.44. The van der Waals surface area contributed by atoms with Crippen LogP contribution in [0.15, 0.2) is 63.3 Å². The minimum Gasteiger partial charge on any atom is -0.392 e. The maximum atomic E-state index is 13.9. The van der Waals surface area contributed by atoms with Crippen LogP contribution in [0.5, 0.6) is 0 Å². The van der Waals surface area contributed by atoms with Crippen LogP contribution < -0.4 is 10.5 Å². The number of carbonyl (C=O) groups excluding carboxylic acids is 1. The fourth-order valence-electron chi connectivity index (χ4n) is 7.54. The molecular weight excluding hydrogens is 554 g/mol. The molecule has 1 aromatic carbocycles. The Balaban J connectivity index is 1.38. The number of nitrogens with zero attached hydrogens (tertiary/aromatic N) is 5. The minimum absolute atomic E-state index is 0.0243. The topological polar surface area (TPSA) is 102 Å². The predicted octanol–water partition coefficient (Wildman–Crippen LogP) is 4.49. The summed E-state index contributed by atoms with van der Waals surface area (Å²) in [7, 11) is 3.67. The van der Waals surface area contributed by atoms with Crippen LogP contribution in [0.1, 0.15) is 65.4 Å². The number of aliphatic hydroxyl groups excluding tert-OH is 1. The third-order valence-corrected chi connectivity index (χ3v) is 10.2. The molecule has 2 N–H and O–H groups in total. The zero-order valence-electron chi connectivity index (χ0n) is 26.8. The van der Waals surface area contributed by atoms with Gasteiger partial charge in [-0.05, 0) is 82.2 Å². The Morgan fingerprint density at radius 1 is 1.07 bits per heavy atom. The summed E-state index contributed by atoms with van der Waals surface area (Å²) in [5.74, 6) is 0.112. The fourth-order valence-corrected chi connectivity index (χ4v) is 7.54. The molecule has 1 fully saturated rings. The first-order chi connectivity index (χ1) is 20.9. The van der Waals surface area contributed by atoms with E-state index in [4.69, 9.17) is 4.99 Å². The highest BCUT2D eigenvalue weighted by Crippen LogP contribution is 2.42. The van der Waals surface area contributed by atoms with Gasteiger partial charge in [0.2, 0.25) is 5.91 Å². The summed E-state index contributed by atoms with van der Waals surface area (Å²) in [6.07, 6.45) is 9.01. The number of hydrogen-bond donors (Lipinski definition) is 2. The molecule has 9 nitrogen and oxygen atoms in total. The van der Waals surface area contributed by atoms with Gasteiger partial charge in [-0.1, -0.05) is 19.1 Å². The Morgan fingerprint density at radius 2 is 1.82 bits per heavy atom. The summed E-state index contributed by atoms with van der Waals surface area (Å²) in [4.78, 5) is 38.4. The van der Waals surface area contributed by atoms with Crippen molar-refractivity contribution in [2.45, 2.75) is 84.1 Å². The summed E-state index contributed by atoms with van der Waals surface area (Å²) in [5.41, 5.74) is 6.18. The van der Waals surface area contributed by atoms with Gasteiger partial charge < -0.3 is 29.5 Å². The lowest BCUT2D eigenvalue weighted by atomic mass is 9.87. The Bertz CT molecular complexity index is 1650. The molecule has 1 amide bonds. The molecule has 3 unspecified atom stereocenters. The van der Waals surface area contributed by atoms with Crippen LogP contribution in [0.25, 0.3) is 11.1 Å². The highest BCUT2D eigenvalue weighted by atomic mass is 16.3. The molecule has 6 rings (SSSR count). The van der Waals surface area contributed by atoms with Gasteiger partial charge in [0.25, 0.3) is 5.56 Å². The van der Waals surface area contributed by atoms with Gasteiger partial charge in [-0.2, -0.15) is 0 Å². The number of aliphatic hydroxyl groups is 2. The second-order valence-electron chi connectivity index (χ2n) is 13.4. The van der Waals surface area contributed by atoms with Crippen LogP contribution >= 0.6 is 0 Å². The van der Waals surface area contributed by atoms with Crippen molar-refractivity contribution in [2.75, 3.05) is 25.0 Å². The van der Waals surface area contributed by atoms with Gasteiger partial charge in [-0.15, -0.1) is 0 Å². The van der Waals surface area contributed by atoms with Crippen molar-refractivity contribution < 1.29 is 15.0 Å². The highest BCUT2D eigenvalue weighted by Gasteiger charge is 2.43. The number of aromatic nitrogens is 1. The number of amides is 1. The molecule has 0 spiro atoms. The van der Waals surface area contributed by atoms with Crippen LogP contribution in [-0.2, 0) is 18.4 Å². The summed E-state index contributed by atoms with van der Waals surface area (Å²) in [6.45, 7) is 8.77. The van der Waals surface area contributed by atoms with Gasteiger partial charge in [-0.3, -0.25) is 9.59 Å². The summed E-state index contributed by atoms with van der Waals surface area (Å²) < 4.78 is 1.52. The standard InChI is InChI=1S/C35H45N5O4/c1-21-22(2)38(6)32(35(3,4)44)18-27(21)36-28-16-24(19-37(5)33(28)42)25-11-9-13-30(26(25)20-41)40-15-14-39-29-12-8-7-10-23(29)17-31(39)34(40)43/h9,11,13,16,18-19,21-22,31,41,44H,7-8,10,12,14-15,17,20H2,1-6H3. The number of fused-ring (bicyclic) bond motifs is 2. The van der Waals surface area contributed by atoms with E-state index in [1.54, 1.807) is 33.2 Å². The number of likely N-dealkylation sites (N-methyl/N-ethyl adjacent to an activating group) is 1.